The summed E-state index contributed by atoms with van der Waals surface area (Å²) in [7, 11) is 0.279. The molecule has 0 aliphatic rings. The van der Waals surface area contributed by atoms with Crippen LogP contribution in [0.2, 0.25) is 0 Å². The third-order valence-electron chi connectivity index (χ3n) is 5.84. The Balaban J connectivity index is 4.99. The summed E-state index contributed by atoms with van der Waals surface area (Å²) in [5, 5.41) is 11.9. The minimum absolute atomic E-state index is 0.119. The summed E-state index contributed by atoms with van der Waals surface area (Å²) in [5.41, 5.74) is 0. The van der Waals surface area contributed by atoms with Gasteiger partial charge in [-0.1, -0.05) is 85.0 Å². The van der Waals surface area contributed by atoms with Crippen molar-refractivity contribution in [3.05, 3.63) is 0 Å². The van der Waals surface area contributed by atoms with Gasteiger partial charge in [-0.3, -0.25) is 4.55 Å². The van der Waals surface area contributed by atoms with E-state index in [1.165, 1.54) is 38.5 Å². The van der Waals surface area contributed by atoms with Gasteiger partial charge in [0, 0.05) is 0 Å². The Kier molecular flexibility index (Phi) is 11.8. The van der Waals surface area contributed by atoms with Crippen molar-refractivity contribution in [2.45, 2.75) is 102 Å². The molecule has 0 amide bonds. The molecule has 28 heavy (non-hydrogen) atoms. The highest BCUT2D eigenvalue weighted by Crippen LogP contribution is 2.39. The number of carboxylic acids is 1. The maximum Gasteiger partial charge on any atom is 0.277 e. The molecule has 1 N–H and O–H groups in total. The average molecular weight is 422 g/mol. The zero-order valence-electron chi connectivity index (χ0n) is 18.9. The van der Waals surface area contributed by atoms with E-state index < -0.39 is 32.8 Å². The zero-order valence-corrected chi connectivity index (χ0v) is 19.7. The molecule has 168 valence electrons. The maximum atomic E-state index is 12.4. The zero-order chi connectivity index (χ0) is 22.0. The van der Waals surface area contributed by atoms with Crippen LogP contribution >= 0.6 is 0 Å². The van der Waals surface area contributed by atoms with Crippen molar-refractivity contribution in [1.29, 1.82) is 0 Å². The number of nitrogens with zero attached hydrogens (tertiary/aromatic N) is 1. The molecule has 0 saturated heterocycles. The Bertz CT molecular complexity index is 554. The quantitative estimate of drug-likeness (QED) is 0.234. The van der Waals surface area contributed by atoms with Gasteiger partial charge in [0.05, 0.1) is 21.1 Å². The van der Waals surface area contributed by atoms with E-state index >= 15 is 0 Å². The van der Waals surface area contributed by atoms with Crippen LogP contribution in [0, 0.1) is 5.92 Å². The summed E-state index contributed by atoms with van der Waals surface area (Å²) in [4.78, 5) is 11.9. The van der Waals surface area contributed by atoms with Crippen molar-refractivity contribution in [1.82, 2.24) is 0 Å². The number of unbranched alkanes of at least 4 members (excludes halogenated alkanes) is 9. The summed E-state index contributed by atoms with van der Waals surface area (Å²) in [5.74, 6) is -1.99. The van der Waals surface area contributed by atoms with E-state index in [4.69, 9.17) is 0 Å². The lowest BCUT2D eigenvalue weighted by Gasteiger charge is -2.47. The number of likely N-dealkylation sites (N-methyl/N-ethyl adjacent to an activating group) is 1. The number of rotatable bonds is 16. The molecule has 0 saturated carbocycles. The largest absolute Gasteiger partial charge is 0.544 e. The molecule has 7 heteroatoms. The van der Waals surface area contributed by atoms with Gasteiger partial charge in [-0.25, -0.2) is 0 Å². The highest BCUT2D eigenvalue weighted by Gasteiger charge is 2.58. The number of quaternary nitrogens is 1. The number of hydrogen-bond acceptors (Lipinski definition) is 4. The van der Waals surface area contributed by atoms with Crippen LogP contribution in [0.4, 0.5) is 0 Å². The monoisotopic (exact) mass is 421 g/mol. The van der Waals surface area contributed by atoms with Crippen molar-refractivity contribution in [3.8, 4) is 0 Å². The Morgan fingerprint density at radius 1 is 0.929 bits per heavy atom. The molecular weight excluding hydrogens is 378 g/mol. The molecule has 0 aromatic rings. The van der Waals surface area contributed by atoms with Gasteiger partial charge in [0.15, 0.2) is 10.8 Å². The van der Waals surface area contributed by atoms with E-state index in [9.17, 15) is 22.9 Å². The van der Waals surface area contributed by atoms with E-state index in [0.717, 1.165) is 19.3 Å². The molecule has 2 atom stereocenters. The van der Waals surface area contributed by atoms with Crippen LogP contribution < -0.4 is 5.11 Å². The first-order valence-electron chi connectivity index (χ1n) is 10.8. The Morgan fingerprint density at radius 3 is 1.61 bits per heavy atom. The van der Waals surface area contributed by atoms with Crippen molar-refractivity contribution in [3.63, 3.8) is 0 Å². The molecule has 0 rings (SSSR count). The molecule has 0 aromatic heterocycles. The Morgan fingerprint density at radius 2 is 1.32 bits per heavy atom. The first-order chi connectivity index (χ1) is 12.8. The van der Waals surface area contributed by atoms with E-state index in [1.54, 1.807) is 35.0 Å². The highest BCUT2D eigenvalue weighted by atomic mass is 32.2. The van der Waals surface area contributed by atoms with E-state index in [0.29, 0.717) is 6.42 Å². The Hall–Kier alpha value is -0.660. The predicted molar refractivity (Wildman–Crippen MR) is 112 cm³/mol. The third kappa shape index (κ3) is 7.99. The second kappa shape index (κ2) is 12.1. The maximum absolute atomic E-state index is 12.4. The molecule has 2 unspecified atom stereocenters. The number of aliphatic carboxylic acids is 1. The van der Waals surface area contributed by atoms with Crippen LogP contribution in [0.25, 0.3) is 0 Å². The summed E-state index contributed by atoms with van der Waals surface area (Å²) >= 11 is 0. The van der Waals surface area contributed by atoms with Gasteiger partial charge >= 0.3 is 0 Å². The van der Waals surface area contributed by atoms with Crippen molar-refractivity contribution in [2.24, 2.45) is 5.92 Å². The van der Waals surface area contributed by atoms with Crippen LogP contribution in [-0.2, 0) is 14.9 Å². The third-order valence-corrected chi connectivity index (χ3v) is 7.70. The number of hydrogen-bond donors (Lipinski definition) is 1. The van der Waals surface area contributed by atoms with Gasteiger partial charge in [-0.2, -0.15) is 8.42 Å². The van der Waals surface area contributed by atoms with Gasteiger partial charge in [0.1, 0.15) is 5.97 Å². The molecule has 0 fully saturated rings. The minimum atomic E-state index is -4.60. The van der Waals surface area contributed by atoms with E-state index in [-0.39, 0.29) is 10.9 Å². The van der Waals surface area contributed by atoms with Crippen LogP contribution in [0.15, 0.2) is 0 Å². The topological polar surface area (TPSA) is 94.5 Å². The molecule has 0 radical (unpaired) electrons. The molecular formula is C21H43NO5S. The molecule has 0 bridgehead atoms. The molecule has 6 nitrogen and oxygen atoms in total. The van der Waals surface area contributed by atoms with Gasteiger partial charge in [0.25, 0.3) is 10.1 Å². The first kappa shape index (κ1) is 27.3. The molecule has 0 aliphatic carbocycles. The van der Waals surface area contributed by atoms with E-state index in [1.807, 2.05) is 0 Å². The van der Waals surface area contributed by atoms with Crippen molar-refractivity contribution < 1.29 is 27.4 Å². The van der Waals surface area contributed by atoms with Crippen LogP contribution in [0.1, 0.15) is 91.4 Å². The van der Waals surface area contributed by atoms with Gasteiger partial charge in [0.2, 0.25) is 0 Å². The lowest BCUT2D eigenvalue weighted by molar-refractivity contribution is -0.892. The average Bonchev–Trinajstić information content (AvgIpc) is 2.52. The van der Waals surface area contributed by atoms with Crippen molar-refractivity contribution >= 4 is 16.1 Å². The lowest BCUT2D eigenvalue weighted by atomic mass is 9.81. The highest BCUT2D eigenvalue weighted by molar-refractivity contribution is 7.87. The lowest BCUT2D eigenvalue weighted by Crippen LogP contribution is -2.70. The number of carbonyl (C=O) groups excluding carboxylic acids is 1. The molecule has 0 spiro atoms. The molecule has 0 aromatic carbocycles. The molecule has 0 aliphatic heterocycles. The minimum Gasteiger partial charge on any atom is -0.544 e. The number of carbonyl (C=O) groups is 1. The van der Waals surface area contributed by atoms with Crippen LogP contribution in [0.5, 0.6) is 0 Å². The summed E-state index contributed by atoms with van der Waals surface area (Å²) in [6.45, 7) is 5.53. The fourth-order valence-corrected chi connectivity index (χ4v) is 6.06. The predicted octanol–water partition coefficient (Wildman–Crippen LogP) is 3.40. The van der Waals surface area contributed by atoms with Gasteiger partial charge in [-0.05, 0) is 12.3 Å². The molecule has 0 heterocycles. The second-order valence-electron chi connectivity index (χ2n) is 9.35. The van der Waals surface area contributed by atoms with E-state index in [2.05, 4.69) is 6.92 Å². The van der Waals surface area contributed by atoms with Crippen LogP contribution in [-0.4, -0.2) is 55.4 Å². The Labute approximate surface area is 173 Å². The summed E-state index contributed by atoms with van der Waals surface area (Å²) in [6.07, 6.45) is 11.1. The first-order valence-corrected chi connectivity index (χ1v) is 12.2. The van der Waals surface area contributed by atoms with Crippen LogP contribution in [0.3, 0.4) is 0 Å². The SMILES string of the molecule is CCCCCCCCCCCCC(C(C)C)(C(C(=O)[O-])[N+](C)(C)C)S(=O)(=O)O. The van der Waals surface area contributed by atoms with Gasteiger partial charge < -0.3 is 14.4 Å². The normalized spacial score (nSPS) is 16.1. The summed E-state index contributed by atoms with van der Waals surface area (Å²) in [6, 6.07) is -1.35. The fraction of sp³-hybridized carbons (Fsp3) is 0.952. The summed E-state index contributed by atoms with van der Waals surface area (Å²) < 4.78 is 33.1. The number of carboxylic acid groups (broad SMARTS) is 1. The standard InChI is InChI=1S/C21H43NO5S/c1-7-8-9-10-11-12-13-14-15-16-17-21(18(2)3,28(25,26)27)19(20(23)24)22(4,5)6/h18-19H,7-17H2,1-6H3,(H-,23,24,25,26,27). The van der Waals surface area contributed by atoms with Crippen molar-refractivity contribution in [2.75, 3.05) is 21.1 Å². The smallest absolute Gasteiger partial charge is 0.277 e. The second-order valence-corrected chi connectivity index (χ2v) is 11.1. The van der Waals surface area contributed by atoms with Gasteiger partial charge in [-0.15, -0.1) is 0 Å². The fourth-order valence-electron chi connectivity index (χ4n) is 4.37.